The molecule has 0 aliphatic rings. The number of nitrogens with one attached hydrogen (secondary N) is 1. The van der Waals surface area contributed by atoms with Crippen molar-refractivity contribution in [1.29, 1.82) is 0 Å². The molecule has 9 heteroatoms. The first kappa shape index (κ1) is 57.7. The average molecular weight is 853 g/mol. The van der Waals surface area contributed by atoms with Gasteiger partial charge in [-0.25, -0.2) is 0 Å². The zero-order valence-electron chi connectivity index (χ0n) is 39.5. The second kappa shape index (κ2) is 42.0. The summed E-state index contributed by atoms with van der Waals surface area (Å²) in [6.45, 7) is 4.63. The van der Waals surface area contributed by atoms with Crippen molar-refractivity contribution >= 4 is 13.7 Å². The van der Waals surface area contributed by atoms with Gasteiger partial charge < -0.3 is 28.8 Å². The van der Waals surface area contributed by atoms with E-state index in [1.807, 2.05) is 27.2 Å². The summed E-state index contributed by atoms with van der Waals surface area (Å²) in [5.41, 5.74) is 0. The Morgan fingerprint density at radius 3 is 1.37 bits per heavy atom. The molecule has 59 heavy (non-hydrogen) atoms. The number of carbonyl (C=O) groups excluding carboxylic acids is 1. The number of phosphoric acid groups is 1. The Balaban J connectivity index is 4.41. The van der Waals surface area contributed by atoms with Gasteiger partial charge in [0.25, 0.3) is 7.82 Å². The van der Waals surface area contributed by atoms with Crippen LogP contribution in [0.5, 0.6) is 0 Å². The highest BCUT2D eigenvalue weighted by molar-refractivity contribution is 7.45. The molecule has 0 rings (SSSR count). The van der Waals surface area contributed by atoms with Crippen LogP contribution in [0.15, 0.2) is 36.5 Å². The van der Waals surface area contributed by atoms with Crippen molar-refractivity contribution in [2.45, 2.75) is 238 Å². The standard InChI is InChI=1S/C50H97N2O6P/c1-6-8-10-12-14-16-18-20-22-24-25-26-27-28-29-31-33-35-37-39-41-43-49(53)48(47-58-59(55,56)57-46-45-52(3,4)5)51-50(54)44-42-40-38-36-34-32-30-23-21-19-17-15-13-11-9-7-2/h27-28,33,35,41,43,48-49,53H,6-26,29-32,34,36-40,42,44-47H2,1-5H3,(H-,51,54,55,56)/b28-27+,35-33+,43-41+. The van der Waals surface area contributed by atoms with Gasteiger partial charge in [0.1, 0.15) is 13.2 Å². The van der Waals surface area contributed by atoms with E-state index in [1.54, 1.807) is 6.08 Å². The van der Waals surface area contributed by atoms with Crippen molar-refractivity contribution < 1.29 is 32.9 Å². The van der Waals surface area contributed by atoms with Crippen molar-refractivity contribution in [1.82, 2.24) is 5.32 Å². The Morgan fingerprint density at radius 1 is 0.576 bits per heavy atom. The molecule has 0 radical (unpaired) electrons. The largest absolute Gasteiger partial charge is 0.756 e. The van der Waals surface area contributed by atoms with Gasteiger partial charge in [-0.3, -0.25) is 9.36 Å². The molecule has 0 aliphatic heterocycles. The van der Waals surface area contributed by atoms with E-state index >= 15 is 0 Å². The maximum absolute atomic E-state index is 12.9. The molecule has 0 aliphatic carbocycles. The molecule has 8 nitrogen and oxygen atoms in total. The highest BCUT2D eigenvalue weighted by Gasteiger charge is 2.23. The minimum atomic E-state index is -4.60. The van der Waals surface area contributed by atoms with Gasteiger partial charge in [0.15, 0.2) is 0 Å². The number of allylic oxidation sites excluding steroid dienone is 5. The lowest BCUT2D eigenvalue weighted by molar-refractivity contribution is -0.870. The van der Waals surface area contributed by atoms with Gasteiger partial charge in [-0.05, 0) is 44.9 Å². The van der Waals surface area contributed by atoms with Gasteiger partial charge in [0, 0.05) is 6.42 Å². The van der Waals surface area contributed by atoms with Crippen LogP contribution in [-0.4, -0.2) is 68.5 Å². The molecule has 0 saturated heterocycles. The molecule has 0 bridgehead atoms. The van der Waals surface area contributed by atoms with Gasteiger partial charge >= 0.3 is 0 Å². The van der Waals surface area contributed by atoms with Gasteiger partial charge in [-0.2, -0.15) is 0 Å². The summed E-state index contributed by atoms with van der Waals surface area (Å²) >= 11 is 0. The lowest BCUT2D eigenvalue weighted by Crippen LogP contribution is -2.45. The molecule has 348 valence electrons. The third-order valence-electron chi connectivity index (χ3n) is 11.1. The summed E-state index contributed by atoms with van der Waals surface area (Å²) in [6, 6.07) is -0.906. The topological polar surface area (TPSA) is 108 Å². The third-order valence-corrected chi connectivity index (χ3v) is 12.0. The summed E-state index contributed by atoms with van der Waals surface area (Å²) < 4.78 is 23.2. The van der Waals surface area contributed by atoms with Crippen molar-refractivity contribution in [2.24, 2.45) is 0 Å². The van der Waals surface area contributed by atoms with E-state index < -0.39 is 26.6 Å². The number of aliphatic hydroxyl groups excluding tert-OH is 1. The van der Waals surface area contributed by atoms with Crippen molar-refractivity contribution in [3.05, 3.63) is 36.5 Å². The molecule has 3 unspecified atom stereocenters. The monoisotopic (exact) mass is 853 g/mol. The lowest BCUT2D eigenvalue weighted by atomic mass is 10.0. The Labute approximate surface area is 366 Å². The quantitative estimate of drug-likeness (QED) is 0.0273. The minimum absolute atomic E-state index is 0.00768. The Morgan fingerprint density at radius 2 is 0.949 bits per heavy atom. The van der Waals surface area contributed by atoms with E-state index in [-0.39, 0.29) is 12.5 Å². The number of hydrogen-bond acceptors (Lipinski definition) is 6. The van der Waals surface area contributed by atoms with Crippen LogP contribution in [0.1, 0.15) is 226 Å². The van der Waals surface area contributed by atoms with Gasteiger partial charge in [-0.1, -0.05) is 211 Å². The number of aliphatic hydroxyl groups is 1. The van der Waals surface area contributed by atoms with Crippen molar-refractivity contribution in [3.8, 4) is 0 Å². The van der Waals surface area contributed by atoms with Crippen LogP contribution in [0.2, 0.25) is 0 Å². The molecule has 3 atom stereocenters. The fourth-order valence-electron chi connectivity index (χ4n) is 7.13. The maximum Gasteiger partial charge on any atom is 0.268 e. The van der Waals surface area contributed by atoms with Crippen LogP contribution in [0.3, 0.4) is 0 Å². The van der Waals surface area contributed by atoms with Crippen LogP contribution in [-0.2, 0) is 18.4 Å². The summed E-state index contributed by atoms with van der Waals surface area (Å²) in [4.78, 5) is 25.4. The number of likely N-dealkylation sites (N-methyl/N-ethyl adjacent to an activating group) is 1. The molecule has 0 heterocycles. The number of unbranched alkanes of at least 4 members (excludes halogenated alkanes) is 28. The van der Waals surface area contributed by atoms with Crippen LogP contribution < -0.4 is 10.2 Å². The molecule has 0 aromatic heterocycles. The normalized spacial score (nSPS) is 14.5. The van der Waals surface area contributed by atoms with E-state index in [2.05, 4.69) is 43.5 Å². The molecular formula is C50H97N2O6P. The molecule has 0 spiro atoms. The van der Waals surface area contributed by atoms with E-state index in [9.17, 15) is 19.4 Å². The number of rotatable bonds is 45. The molecule has 0 aromatic rings. The summed E-state index contributed by atoms with van der Waals surface area (Å²) in [7, 11) is 1.24. The van der Waals surface area contributed by atoms with Gasteiger partial charge in [-0.15, -0.1) is 0 Å². The molecule has 2 N–H and O–H groups in total. The van der Waals surface area contributed by atoms with Crippen LogP contribution in [0.25, 0.3) is 0 Å². The number of hydrogen-bond donors (Lipinski definition) is 2. The molecule has 1 amide bonds. The second-order valence-electron chi connectivity index (χ2n) is 18.2. The van der Waals surface area contributed by atoms with E-state index in [0.29, 0.717) is 17.4 Å². The van der Waals surface area contributed by atoms with E-state index in [4.69, 9.17) is 9.05 Å². The minimum Gasteiger partial charge on any atom is -0.756 e. The van der Waals surface area contributed by atoms with E-state index in [1.165, 1.54) is 161 Å². The second-order valence-corrected chi connectivity index (χ2v) is 19.6. The summed E-state index contributed by atoms with van der Waals surface area (Å²) in [5.74, 6) is -0.209. The highest BCUT2D eigenvalue weighted by Crippen LogP contribution is 2.38. The Bertz CT molecular complexity index is 1060. The number of quaternary nitrogens is 1. The third kappa shape index (κ3) is 44.6. The molecule has 0 saturated carbocycles. The summed E-state index contributed by atoms with van der Waals surface area (Å²) in [6.07, 6.45) is 52.0. The first-order valence-electron chi connectivity index (χ1n) is 24.9. The fourth-order valence-corrected chi connectivity index (χ4v) is 7.85. The zero-order valence-corrected chi connectivity index (χ0v) is 40.4. The predicted octanol–water partition coefficient (Wildman–Crippen LogP) is 13.6. The number of nitrogens with zero attached hydrogens (tertiary/aromatic N) is 1. The Kier molecular flexibility index (Phi) is 41.1. The Hall–Kier alpha value is -1.28. The van der Waals surface area contributed by atoms with Crippen LogP contribution >= 0.6 is 7.82 Å². The first-order valence-corrected chi connectivity index (χ1v) is 26.3. The van der Waals surface area contributed by atoms with E-state index in [0.717, 1.165) is 44.9 Å². The van der Waals surface area contributed by atoms with Crippen LogP contribution in [0, 0.1) is 0 Å². The molecule has 0 aromatic carbocycles. The predicted molar refractivity (Wildman–Crippen MR) is 251 cm³/mol. The zero-order chi connectivity index (χ0) is 43.6. The number of phosphoric ester groups is 1. The van der Waals surface area contributed by atoms with Gasteiger partial charge in [0.05, 0.1) is 39.9 Å². The number of carbonyl (C=O) groups is 1. The van der Waals surface area contributed by atoms with Crippen molar-refractivity contribution in [2.75, 3.05) is 40.9 Å². The maximum atomic E-state index is 12.9. The fraction of sp³-hybridized carbons (Fsp3) is 0.860. The van der Waals surface area contributed by atoms with Gasteiger partial charge in [0.2, 0.25) is 5.91 Å². The lowest BCUT2D eigenvalue weighted by Gasteiger charge is -2.29. The average Bonchev–Trinajstić information content (AvgIpc) is 3.19. The molecular weight excluding hydrogens is 756 g/mol. The smallest absolute Gasteiger partial charge is 0.268 e. The summed E-state index contributed by atoms with van der Waals surface area (Å²) in [5, 5.41) is 13.8. The van der Waals surface area contributed by atoms with Crippen LogP contribution in [0.4, 0.5) is 0 Å². The first-order chi connectivity index (χ1) is 28.5. The SMILES string of the molecule is CCCCCCCCCCCCC/C=C/CC/C=C/CC/C=C/C(O)C(COP(=O)([O-])OCC[N+](C)(C)C)NC(=O)CCCCCCCCCCCCCCCCCC. The highest BCUT2D eigenvalue weighted by atomic mass is 31.2. The number of amides is 1. The molecule has 0 fully saturated rings. The van der Waals surface area contributed by atoms with Crippen molar-refractivity contribution in [3.63, 3.8) is 0 Å².